The number of anilines is 1. The van der Waals surface area contributed by atoms with Gasteiger partial charge in [-0.15, -0.1) is 0 Å². The number of aromatic nitrogens is 3. The van der Waals surface area contributed by atoms with Crippen LogP contribution in [-0.4, -0.2) is 63.3 Å². The molecule has 2 aromatic rings. The molecule has 3 rings (SSSR count). The zero-order valence-corrected chi connectivity index (χ0v) is 32.6. The zero-order chi connectivity index (χ0) is 32.3. The lowest BCUT2D eigenvalue weighted by Gasteiger charge is -2.40. The van der Waals surface area contributed by atoms with Crippen LogP contribution in [0.2, 0.25) is 59.5 Å². The number of nitrogens with zero attached hydrogens (tertiary/aromatic N) is 3. The Labute approximate surface area is 262 Å². The Bertz CT molecular complexity index is 1260. The van der Waals surface area contributed by atoms with Crippen molar-refractivity contribution >= 4 is 53.5 Å². The summed E-state index contributed by atoms with van der Waals surface area (Å²) in [5, 5.41) is 11.5. The standard InChI is InChI=1S/C30H57ClN4O4Si3/c1-28(2,3)40(10,11)34-27-32-25(31)24-20(18-36)17-35(26(24)33-27)23-16-21(39-42(14,15)30(7,8)9)22(38-23)19-37-41(12,13)29(4,5)6/h17,21-23,36H,16,18-19H2,1-15H3,(H,32,33,34)/t21-,22-,23-/m1/s1. The normalized spacial score (nSPS) is 21.4. The summed E-state index contributed by atoms with van der Waals surface area (Å²) in [6.07, 6.45) is 1.86. The van der Waals surface area contributed by atoms with E-state index >= 15 is 0 Å². The summed E-state index contributed by atoms with van der Waals surface area (Å²) < 4.78 is 22.5. The van der Waals surface area contributed by atoms with Gasteiger partial charge in [0, 0.05) is 18.2 Å². The highest BCUT2D eigenvalue weighted by atomic mass is 35.5. The molecule has 3 atom stereocenters. The van der Waals surface area contributed by atoms with Crippen molar-refractivity contribution < 1.29 is 18.7 Å². The molecule has 0 aromatic carbocycles. The molecule has 8 nitrogen and oxygen atoms in total. The van der Waals surface area contributed by atoms with Crippen molar-refractivity contribution in [1.29, 1.82) is 0 Å². The summed E-state index contributed by atoms with van der Waals surface area (Å²) in [6, 6.07) is 0. The molecule has 0 saturated carbocycles. The Morgan fingerprint density at radius 1 is 0.952 bits per heavy atom. The van der Waals surface area contributed by atoms with E-state index in [4.69, 9.17) is 30.2 Å². The molecular weight excluding hydrogens is 600 g/mol. The van der Waals surface area contributed by atoms with Gasteiger partial charge in [0.25, 0.3) is 0 Å². The van der Waals surface area contributed by atoms with Gasteiger partial charge in [0.2, 0.25) is 5.95 Å². The molecule has 0 spiro atoms. The van der Waals surface area contributed by atoms with Gasteiger partial charge < -0.3 is 28.2 Å². The van der Waals surface area contributed by atoms with Gasteiger partial charge in [0.15, 0.2) is 24.9 Å². The highest BCUT2D eigenvalue weighted by molar-refractivity contribution is 6.82. The largest absolute Gasteiger partial charge is 0.414 e. The maximum atomic E-state index is 10.3. The van der Waals surface area contributed by atoms with E-state index in [0.717, 1.165) is 0 Å². The molecule has 0 bridgehead atoms. The minimum absolute atomic E-state index is 0.0607. The Kier molecular flexibility index (Phi) is 10.1. The summed E-state index contributed by atoms with van der Waals surface area (Å²) in [5.74, 6) is 0.507. The number of aliphatic hydroxyl groups is 1. The van der Waals surface area contributed by atoms with E-state index in [0.29, 0.717) is 40.7 Å². The van der Waals surface area contributed by atoms with Gasteiger partial charge in [-0.05, 0) is 41.3 Å². The Hall–Kier alpha value is -0.799. The Morgan fingerprint density at radius 3 is 2.02 bits per heavy atom. The minimum atomic E-state index is -2.10. The van der Waals surface area contributed by atoms with Crippen molar-refractivity contribution in [3.63, 3.8) is 0 Å². The van der Waals surface area contributed by atoms with Gasteiger partial charge in [-0.25, -0.2) is 4.98 Å². The number of rotatable bonds is 9. The molecule has 2 N–H and O–H groups in total. The molecule has 0 unspecified atom stereocenters. The first kappa shape index (κ1) is 35.7. The average molecular weight is 658 g/mol. The fourth-order valence-electron chi connectivity index (χ4n) is 4.25. The molecule has 1 aliphatic heterocycles. The van der Waals surface area contributed by atoms with Crippen LogP contribution in [0.5, 0.6) is 0 Å². The molecule has 0 aliphatic carbocycles. The number of aliphatic hydroxyl groups excluding tert-OH is 1. The predicted octanol–water partition coefficient (Wildman–Crippen LogP) is 8.69. The summed E-state index contributed by atoms with van der Waals surface area (Å²) >= 11 is 6.77. The maximum absolute atomic E-state index is 10.3. The molecule has 0 radical (unpaired) electrons. The molecule has 0 amide bonds. The smallest absolute Gasteiger partial charge is 0.218 e. The SMILES string of the molecule is CC(C)(C)[Si](C)(C)Nc1nc(Cl)c2c(CO)cn([C@H]3C[C@@H](O[Si](C)(C)C(C)(C)C)[C@@H](CO[Si](C)(C)C(C)(C)C)O3)c2n1. The lowest BCUT2D eigenvalue weighted by atomic mass is 10.2. The zero-order valence-electron chi connectivity index (χ0n) is 28.8. The molecule has 3 heterocycles. The van der Waals surface area contributed by atoms with Crippen molar-refractivity contribution in [2.45, 2.75) is 148 Å². The average Bonchev–Trinajstić information content (AvgIpc) is 3.36. The van der Waals surface area contributed by atoms with Gasteiger partial charge in [0.05, 0.1) is 24.7 Å². The molecule has 1 aliphatic rings. The van der Waals surface area contributed by atoms with Crippen LogP contribution in [-0.2, 0) is 20.2 Å². The minimum Gasteiger partial charge on any atom is -0.414 e. The second-order valence-corrected chi connectivity index (χ2v) is 31.5. The van der Waals surface area contributed by atoms with Crippen molar-refractivity contribution in [3.8, 4) is 0 Å². The highest BCUT2D eigenvalue weighted by Gasteiger charge is 2.47. The van der Waals surface area contributed by atoms with E-state index < -0.39 is 24.9 Å². The van der Waals surface area contributed by atoms with E-state index in [2.05, 4.69) is 112 Å². The third-order valence-corrected chi connectivity index (χ3v) is 24.2. The van der Waals surface area contributed by atoms with Crippen LogP contribution < -0.4 is 4.98 Å². The van der Waals surface area contributed by atoms with Crippen LogP contribution in [0.3, 0.4) is 0 Å². The maximum Gasteiger partial charge on any atom is 0.218 e. The third kappa shape index (κ3) is 7.35. The van der Waals surface area contributed by atoms with Gasteiger partial charge in [-0.1, -0.05) is 87.0 Å². The molecule has 240 valence electrons. The second-order valence-electron chi connectivity index (χ2n) is 16.6. The molecule has 12 heteroatoms. The fourth-order valence-corrected chi connectivity index (χ4v) is 7.95. The topological polar surface area (TPSA) is 90.7 Å². The fraction of sp³-hybridized carbons (Fsp3) is 0.800. The number of halogens is 1. The first-order valence-corrected chi connectivity index (χ1v) is 24.4. The van der Waals surface area contributed by atoms with E-state index in [1.54, 1.807) is 0 Å². The first-order chi connectivity index (χ1) is 18.8. The predicted molar refractivity (Wildman–Crippen MR) is 183 cm³/mol. The van der Waals surface area contributed by atoms with Crippen molar-refractivity contribution in [1.82, 2.24) is 14.5 Å². The lowest BCUT2D eigenvalue weighted by molar-refractivity contribution is -0.0382. The monoisotopic (exact) mass is 656 g/mol. The van der Waals surface area contributed by atoms with Crippen LogP contribution >= 0.6 is 11.6 Å². The molecule has 42 heavy (non-hydrogen) atoms. The van der Waals surface area contributed by atoms with Gasteiger partial charge in [0.1, 0.15) is 23.1 Å². The van der Waals surface area contributed by atoms with Crippen molar-refractivity contribution in [2.24, 2.45) is 0 Å². The summed E-state index contributed by atoms with van der Waals surface area (Å²) in [6.45, 7) is 34.2. The number of nitrogens with one attached hydrogen (secondary N) is 1. The van der Waals surface area contributed by atoms with E-state index in [1.807, 2.05) is 10.8 Å². The number of hydrogen-bond donors (Lipinski definition) is 2. The number of fused-ring (bicyclic) bond motifs is 1. The highest BCUT2D eigenvalue weighted by Crippen LogP contribution is 2.44. The van der Waals surface area contributed by atoms with E-state index in [1.165, 1.54) is 0 Å². The molecule has 1 fully saturated rings. The lowest BCUT2D eigenvalue weighted by Crippen LogP contribution is -2.48. The van der Waals surface area contributed by atoms with Crippen LogP contribution in [0, 0.1) is 0 Å². The van der Waals surface area contributed by atoms with Gasteiger partial charge in [-0.3, -0.25) is 0 Å². The van der Waals surface area contributed by atoms with E-state index in [-0.39, 0.29) is 40.2 Å². The summed E-state index contributed by atoms with van der Waals surface area (Å²) in [7, 11) is -6.07. The van der Waals surface area contributed by atoms with Crippen LogP contribution in [0.25, 0.3) is 11.0 Å². The van der Waals surface area contributed by atoms with Gasteiger partial charge in [-0.2, -0.15) is 4.98 Å². The first-order valence-electron chi connectivity index (χ1n) is 15.2. The molecule has 2 aromatic heterocycles. The second kappa shape index (κ2) is 11.9. The third-order valence-electron chi connectivity index (χ3n) is 10.3. The summed E-state index contributed by atoms with van der Waals surface area (Å²) in [5.41, 5.74) is 1.34. The molecular formula is C30H57ClN4O4Si3. The Morgan fingerprint density at radius 2 is 1.52 bits per heavy atom. The number of ether oxygens (including phenoxy) is 1. The number of hydrogen-bond acceptors (Lipinski definition) is 7. The van der Waals surface area contributed by atoms with Gasteiger partial charge >= 0.3 is 0 Å². The quantitative estimate of drug-likeness (QED) is 0.206. The Balaban J connectivity index is 2.05. The van der Waals surface area contributed by atoms with Crippen molar-refractivity contribution in [2.75, 3.05) is 11.6 Å². The summed E-state index contributed by atoms with van der Waals surface area (Å²) in [4.78, 5) is 13.2. The van der Waals surface area contributed by atoms with E-state index in [9.17, 15) is 5.11 Å². The van der Waals surface area contributed by atoms with Crippen LogP contribution in [0.15, 0.2) is 6.20 Å². The van der Waals surface area contributed by atoms with Crippen LogP contribution in [0.4, 0.5) is 5.95 Å². The van der Waals surface area contributed by atoms with Crippen molar-refractivity contribution in [3.05, 3.63) is 16.9 Å². The van der Waals surface area contributed by atoms with Crippen LogP contribution in [0.1, 0.15) is 80.5 Å². The molecule has 1 saturated heterocycles.